The van der Waals surface area contributed by atoms with Crippen molar-refractivity contribution >= 4 is 26.5 Å². The summed E-state index contributed by atoms with van der Waals surface area (Å²) in [6.07, 6.45) is 5.63. The van der Waals surface area contributed by atoms with Gasteiger partial charge >= 0.3 is 0 Å². The molecule has 8 heteroatoms. The van der Waals surface area contributed by atoms with Crippen LogP contribution in [-0.2, 0) is 10.0 Å². The molecule has 0 amide bonds. The summed E-state index contributed by atoms with van der Waals surface area (Å²) >= 11 is 0. The van der Waals surface area contributed by atoms with Crippen LogP contribution >= 0.6 is 0 Å². The molecule has 32 heavy (non-hydrogen) atoms. The standard InChI is InChI=1S/C24H27N5O2S/c1-4-32(30,31)28(3)16-15-27(2)22-12-14-29(18-22)24-25-13-11-23(26-24)21-10-9-19-7-5-6-8-20(19)17-21/h5-14,17-18H,4,15-16H2,1-3H3. The van der Waals surface area contributed by atoms with Crippen LogP contribution < -0.4 is 4.90 Å². The van der Waals surface area contributed by atoms with Gasteiger partial charge in [0.1, 0.15) is 0 Å². The van der Waals surface area contributed by atoms with Gasteiger partial charge in [-0.15, -0.1) is 0 Å². The van der Waals surface area contributed by atoms with Gasteiger partial charge in [-0.25, -0.2) is 22.7 Å². The Bertz CT molecular complexity index is 1330. The van der Waals surface area contributed by atoms with Crippen molar-refractivity contribution in [3.8, 4) is 17.2 Å². The zero-order valence-electron chi connectivity index (χ0n) is 18.5. The first-order valence-corrected chi connectivity index (χ1v) is 12.1. The molecule has 0 bridgehead atoms. The van der Waals surface area contributed by atoms with E-state index in [1.54, 1.807) is 20.2 Å². The second kappa shape index (κ2) is 9.10. The van der Waals surface area contributed by atoms with E-state index in [0.29, 0.717) is 19.0 Å². The van der Waals surface area contributed by atoms with Crippen LogP contribution in [0.15, 0.2) is 73.2 Å². The molecule has 0 aliphatic heterocycles. The molecule has 2 aromatic carbocycles. The van der Waals surface area contributed by atoms with Gasteiger partial charge in [-0.05, 0) is 35.9 Å². The van der Waals surface area contributed by atoms with Gasteiger partial charge in [0.15, 0.2) is 0 Å². The summed E-state index contributed by atoms with van der Waals surface area (Å²) in [4.78, 5) is 11.2. The molecule has 0 saturated carbocycles. The molecule has 0 aliphatic carbocycles. The normalized spacial score (nSPS) is 11.9. The molecule has 166 valence electrons. The lowest BCUT2D eigenvalue weighted by molar-refractivity contribution is 0.475. The number of nitrogens with zero attached hydrogens (tertiary/aromatic N) is 5. The molecule has 2 heterocycles. The second-order valence-electron chi connectivity index (χ2n) is 7.72. The molecule has 0 unspecified atom stereocenters. The first-order valence-electron chi connectivity index (χ1n) is 10.5. The summed E-state index contributed by atoms with van der Waals surface area (Å²) in [5, 5.41) is 2.37. The van der Waals surface area contributed by atoms with Gasteiger partial charge < -0.3 is 4.90 Å². The van der Waals surface area contributed by atoms with Crippen molar-refractivity contribution in [3.63, 3.8) is 0 Å². The lowest BCUT2D eigenvalue weighted by Crippen LogP contribution is -2.35. The maximum atomic E-state index is 11.9. The summed E-state index contributed by atoms with van der Waals surface area (Å²) in [5.41, 5.74) is 2.86. The molecule has 0 saturated heterocycles. The summed E-state index contributed by atoms with van der Waals surface area (Å²) < 4.78 is 27.2. The molecule has 7 nitrogen and oxygen atoms in total. The molecule has 0 spiro atoms. The number of anilines is 1. The number of sulfonamides is 1. The van der Waals surface area contributed by atoms with E-state index in [4.69, 9.17) is 4.98 Å². The summed E-state index contributed by atoms with van der Waals surface area (Å²) in [6, 6.07) is 18.5. The van der Waals surface area contributed by atoms with Crippen LogP contribution in [0.5, 0.6) is 0 Å². The predicted octanol–water partition coefficient (Wildman–Crippen LogP) is 3.81. The highest BCUT2D eigenvalue weighted by Gasteiger charge is 2.16. The number of fused-ring (bicyclic) bond motifs is 1. The van der Waals surface area contributed by atoms with Crippen LogP contribution in [0.2, 0.25) is 0 Å². The molecule has 4 aromatic rings. The van der Waals surface area contributed by atoms with Crippen LogP contribution in [0.25, 0.3) is 28.0 Å². The van der Waals surface area contributed by atoms with E-state index in [1.165, 1.54) is 15.1 Å². The number of hydrogen-bond acceptors (Lipinski definition) is 5. The average molecular weight is 450 g/mol. The minimum atomic E-state index is -3.18. The Hall–Kier alpha value is -3.23. The molecule has 4 rings (SSSR count). The average Bonchev–Trinajstić information content (AvgIpc) is 3.32. The fraction of sp³-hybridized carbons (Fsp3) is 0.250. The Morgan fingerprint density at radius 2 is 1.75 bits per heavy atom. The number of rotatable bonds is 8. The van der Waals surface area contributed by atoms with E-state index in [9.17, 15) is 8.42 Å². The number of benzene rings is 2. The Kier molecular flexibility index (Phi) is 6.25. The van der Waals surface area contributed by atoms with Crippen molar-refractivity contribution in [2.75, 3.05) is 37.8 Å². The molecule has 0 fully saturated rings. The molecule has 0 aliphatic rings. The van der Waals surface area contributed by atoms with E-state index in [0.717, 1.165) is 16.9 Å². The van der Waals surface area contributed by atoms with E-state index in [2.05, 4.69) is 35.3 Å². The maximum absolute atomic E-state index is 11.9. The fourth-order valence-electron chi connectivity index (χ4n) is 3.50. The van der Waals surface area contributed by atoms with Crippen molar-refractivity contribution in [1.82, 2.24) is 18.8 Å². The van der Waals surface area contributed by atoms with Crippen LogP contribution in [0, 0.1) is 0 Å². The highest BCUT2D eigenvalue weighted by molar-refractivity contribution is 7.89. The topological polar surface area (TPSA) is 71.3 Å². The van der Waals surface area contributed by atoms with Gasteiger partial charge in [-0.1, -0.05) is 36.4 Å². The first-order chi connectivity index (χ1) is 15.4. The van der Waals surface area contributed by atoms with Gasteiger partial charge in [0.25, 0.3) is 0 Å². The Balaban J connectivity index is 1.51. The van der Waals surface area contributed by atoms with Gasteiger partial charge in [-0.2, -0.15) is 0 Å². The van der Waals surface area contributed by atoms with Gasteiger partial charge in [-0.3, -0.25) is 4.57 Å². The maximum Gasteiger partial charge on any atom is 0.234 e. The Morgan fingerprint density at radius 3 is 2.53 bits per heavy atom. The lowest BCUT2D eigenvalue weighted by Gasteiger charge is -2.22. The third-order valence-corrected chi connectivity index (χ3v) is 7.49. The minimum Gasteiger partial charge on any atom is -0.372 e. The van der Waals surface area contributed by atoms with Crippen LogP contribution in [0.3, 0.4) is 0 Å². The quantitative estimate of drug-likeness (QED) is 0.409. The Labute approximate surface area is 189 Å². The molecular weight excluding hydrogens is 422 g/mol. The first kappa shape index (κ1) is 22.0. The Morgan fingerprint density at radius 1 is 0.969 bits per heavy atom. The summed E-state index contributed by atoms with van der Waals surface area (Å²) in [5.74, 6) is 0.690. The third kappa shape index (κ3) is 4.66. The van der Waals surface area contributed by atoms with E-state index < -0.39 is 10.0 Å². The van der Waals surface area contributed by atoms with E-state index in [-0.39, 0.29) is 5.75 Å². The molecular formula is C24H27N5O2S. The number of aromatic nitrogens is 3. The van der Waals surface area contributed by atoms with Gasteiger partial charge in [0.05, 0.1) is 17.1 Å². The largest absolute Gasteiger partial charge is 0.372 e. The molecule has 0 N–H and O–H groups in total. The second-order valence-corrected chi connectivity index (χ2v) is 10.1. The third-order valence-electron chi connectivity index (χ3n) is 5.63. The van der Waals surface area contributed by atoms with Crippen molar-refractivity contribution in [1.29, 1.82) is 0 Å². The lowest BCUT2D eigenvalue weighted by atomic mass is 10.1. The number of hydrogen-bond donors (Lipinski definition) is 0. The SMILES string of the molecule is CCS(=O)(=O)N(C)CCN(C)c1ccn(-c2nccc(-c3ccc4ccccc4c3)n2)c1. The predicted molar refractivity (Wildman–Crippen MR) is 130 cm³/mol. The van der Waals surface area contributed by atoms with E-state index >= 15 is 0 Å². The highest BCUT2D eigenvalue weighted by Crippen LogP contribution is 2.24. The molecule has 0 atom stereocenters. The van der Waals surface area contributed by atoms with Crippen molar-refractivity contribution in [2.24, 2.45) is 0 Å². The fourth-order valence-corrected chi connectivity index (χ4v) is 4.30. The zero-order valence-corrected chi connectivity index (χ0v) is 19.3. The van der Waals surface area contributed by atoms with Crippen LogP contribution in [-0.4, -0.2) is 60.2 Å². The van der Waals surface area contributed by atoms with Crippen molar-refractivity contribution in [2.45, 2.75) is 6.92 Å². The monoisotopic (exact) mass is 449 g/mol. The molecule has 2 aromatic heterocycles. The molecule has 0 radical (unpaired) electrons. The number of likely N-dealkylation sites (N-methyl/N-ethyl adjacent to an activating group) is 2. The van der Waals surface area contributed by atoms with Crippen molar-refractivity contribution in [3.05, 3.63) is 73.2 Å². The van der Waals surface area contributed by atoms with Crippen molar-refractivity contribution < 1.29 is 8.42 Å². The smallest absolute Gasteiger partial charge is 0.234 e. The van der Waals surface area contributed by atoms with Gasteiger partial charge in [0, 0.05) is 51.3 Å². The summed E-state index contributed by atoms with van der Waals surface area (Å²) in [6.45, 7) is 2.66. The van der Waals surface area contributed by atoms with E-state index in [1.807, 2.05) is 53.2 Å². The minimum absolute atomic E-state index is 0.106. The zero-order chi connectivity index (χ0) is 22.7. The van der Waals surface area contributed by atoms with Crippen LogP contribution in [0.1, 0.15) is 6.92 Å². The van der Waals surface area contributed by atoms with Crippen LogP contribution in [0.4, 0.5) is 5.69 Å². The highest BCUT2D eigenvalue weighted by atomic mass is 32.2. The van der Waals surface area contributed by atoms with Gasteiger partial charge in [0.2, 0.25) is 16.0 Å². The summed E-state index contributed by atoms with van der Waals surface area (Å²) in [7, 11) is 0.381.